The van der Waals surface area contributed by atoms with Crippen LogP contribution in [0.3, 0.4) is 0 Å². The molecule has 2 aromatic carbocycles. The summed E-state index contributed by atoms with van der Waals surface area (Å²) in [5.74, 6) is 0.221. The molecular formula is C20H16ClN5O2. The van der Waals surface area contributed by atoms with E-state index in [1.54, 1.807) is 36.4 Å². The Morgan fingerprint density at radius 1 is 1.11 bits per heavy atom. The van der Waals surface area contributed by atoms with E-state index in [4.69, 9.17) is 21.9 Å². The number of nitrogens with one attached hydrogen (secondary N) is 2. The lowest BCUT2D eigenvalue weighted by molar-refractivity contribution is 0.262. The molecule has 4 N–H and O–H groups in total. The van der Waals surface area contributed by atoms with Crippen LogP contribution in [0.2, 0.25) is 5.02 Å². The highest BCUT2D eigenvalue weighted by Gasteiger charge is 2.14. The second kappa shape index (κ2) is 7.21. The van der Waals surface area contributed by atoms with Gasteiger partial charge in [-0.15, -0.1) is 0 Å². The smallest absolute Gasteiger partial charge is 0.323 e. The third kappa shape index (κ3) is 3.47. The number of nitrogens with zero attached hydrogens (tertiary/aromatic N) is 2. The van der Waals surface area contributed by atoms with Crippen LogP contribution < -0.4 is 16.4 Å². The number of amides is 2. The van der Waals surface area contributed by atoms with Crippen LogP contribution in [0.25, 0.3) is 22.2 Å². The minimum atomic E-state index is -0.383. The van der Waals surface area contributed by atoms with Gasteiger partial charge in [0.15, 0.2) is 0 Å². The number of carbonyl (C=O) groups is 1. The van der Waals surface area contributed by atoms with Gasteiger partial charge in [0.1, 0.15) is 0 Å². The average molecular weight is 394 g/mol. The summed E-state index contributed by atoms with van der Waals surface area (Å²) in [5.41, 5.74) is 10.1. The number of para-hydroxylation sites is 1. The van der Waals surface area contributed by atoms with Crippen molar-refractivity contribution in [1.82, 2.24) is 10.1 Å². The van der Waals surface area contributed by atoms with E-state index < -0.39 is 0 Å². The Morgan fingerprint density at radius 2 is 1.86 bits per heavy atom. The summed E-state index contributed by atoms with van der Waals surface area (Å²) in [6.07, 6.45) is 0. The zero-order valence-electron chi connectivity index (χ0n) is 14.9. The number of halogens is 1. The van der Waals surface area contributed by atoms with Gasteiger partial charge in [-0.05, 0) is 42.8 Å². The van der Waals surface area contributed by atoms with Gasteiger partial charge < -0.3 is 20.9 Å². The van der Waals surface area contributed by atoms with Gasteiger partial charge in [-0.3, -0.25) is 0 Å². The zero-order valence-corrected chi connectivity index (χ0v) is 15.6. The van der Waals surface area contributed by atoms with Crippen LogP contribution in [0.15, 0.2) is 59.1 Å². The predicted molar refractivity (Wildman–Crippen MR) is 110 cm³/mol. The number of carbonyl (C=O) groups excluding carboxylic acids is 1. The second-order valence-electron chi connectivity index (χ2n) is 6.19. The van der Waals surface area contributed by atoms with Crippen LogP contribution in [0.5, 0.6) is 0 Å². The highest BCUT2D eigenvalue weighted by Crippen LogP contribution is 2.33. The van der Waals surface area contributed by atoms with Crippen molar-refractivity contribution in [2.75, 3.05) is 16.4 Å². The average Bonchev–Trinajstić information content (AvgIpc) is 3.04. The molecule has 0 bridgehead atoms. The van der Waals surface area contributed by atoms with Crippen molar-refractivity contribution in [3.8, 4) is 11.1 Å². The standard InChI is InChI=1S/C20H16ClN5O2/c1-11-10-14(17-18(22)28-26-19(17)23-11)12-6-8-13(9-7-12)24-20(27)25-16-5-3-2-4-15(16)21/h2-10H,22H2,1H3,(H2,24,25,27). The highest BCUT2D eigenvalue weighted by molar-refractivity contribution is 6.33. The van der Waals surface area contributed by atoms with Gasteiger partial charge in [0.25, 0.3) is 0 Å². The number of urea groups is 1. The van der Waals surface area contributed by atoms with Crippen LogP contribution in [0, 0.1) is 6.92 Å². The first kappa shape index (κ1) is 17.8. The van der Waals surface area contributed by atoms with Gasteiger partial charge in [0.05, 0.1) is 16.1 Å². The Morgan fingerprint density at radius 3 is 2.61 bits per heavy atom. The number of nitrogens with two attached hydrogens (primary N) is 1. The normalized spacial score (nSPS) is 10.8. The number of aryl methyl sites for hydroxylation is 1. The molecule has 4 rings (SSSR count). The number of aromatic nitrogens is 2. The van der Waals surface area contributed by atoms with E-state index in [0.29, 0.717) is 27.4 Å². The maximum Gasteiger partial charge on any atom is 0.323 e. The summed E-state index contributed by atoms with van der Waals surface area (Å²) in [4.78, 5) is 16.5. The third-order valence-corrected chi connectivity index (χ3v) is 4.51. The molecule has 4 aromatic rings. The quantitative estimate of drug-likeness (QED) is 0.450. The first-order valence-corrected chi connectivity index (χ1v) is 8.84. The van der Waals surface area contributed by atoms with Gasteiger partial charge in [-0.25, -0.2) is 9.78 Å². The van der Waals surface area contributed by atoms with Crippen molar-refractivity contribution in [3.63, 3.8) is 0 Å². The molecule has 0 saturated carbocycles. The fourth-order valence-electron chi connectivity index (χ4n) is 2.91. The topological polar surface area (TPSA) is 106 Å². The van der Waals surface area contributed by atoms with Gasteiger partial charge in [0.2, 0.25) is 11.5 Å². The fourth-order valence-corrected chi connectivity index (χ4v) is 3.09. The van der Waals surface area contributed by atoms with Crippen molar-refractivity contribution in [2.24, 2.45) is 0 Å². The van der Waals surface area contributed by atoms with E-state index in [9.17, 15) is 4.79 Å². The van der Waals surface area contributed by atoms with Crippen LogP contribution in [0.1, 0.15) is 5.69 Å². The molecule has 0 atom stereocenters. The van der Waals surface area contributed by atoms with Crippen molar-refractivity contribution < 1.29 is 9.32 Å². The molecule has 28 heavy (non-hydrogen) atoms. The second-order valence-corrected chi connectivity index (χ2v) is 6.60. The Balaban J connectivity index is 1.56. The Bertz CT molecular complexity index is 1170. The van der Waals surface area contributed by atoms with Gasteiger partial charge >= 0.3 is 6.03 Å². The first-order valence-electron chi connectivity index (χ1n) is 8.47. The van der Waals surface area contributed by atoms with Gasteiger partial charge in [-0.1, -0.05) is 41.0 Å². The van der Waals surface area contributed by atoms with E-state index in [1.165, 1.54) is 0 Å². The van der Waals surface area contributed by atoms with E-state index in [-0.39, 0.29) is 11.9 Å². The van der Waals surface area contributed by atoms with E-state index >= 15 is 0 Å². The zero-order chi connectivity index (χ0) is 19.7. The number of hydrogen-bond acceptors (Lipinski definition) is 5. The molecule has 140 valence electrons. The summed E-state index contributed by atoms with van der Waals surface area (Å²) < 4.78 is 5.06. The number of nitrogen functional groups attached to an aromatic ring is 1. The molecule has 0 unspecified atom stereocenters. The molecule has 0 saturated heterocycles. The Hall–Kier alpha value is -3.58. The minimum Gasteiger partial charge on any atom is -0.367 e. The summed E-state index contributed by atoms with van der Waals surface area (Å²) in [6, 6.07) is 15.9. The van der Waals surface area contributed by atoms with Gasteiger partial charge in [-0.2, -0.15) is 0 Å². The van der Waals surface area contributed by atoms with Gasteiger partial charge in [0, 0.05) is 16.9 Å². The van der Waals surface area contributed by atoms with Crippen molar-refractivity contribution in [1.29, 1.82) is 0 Å². The van der Waals surface area contributed by atoms with E-state index in [0.717, 1.165) is 16.8 Å². The lowest BCUT2D eigenvalue weighted by atomic mass is 10.0. The molecular weight excluding hydrogens is 378 g/mol. The molecule has 0 aliphatic rings. The first-order chi connectivity index (χ1) is 13.5. The van der Waals surface area contributed by atoms with Crippen molar-refractivity contribution in [2.45, 2.75) is 6.92 Å². The van der Waals surface area contributed by atoms with Crippen LogP contribution >= 0.6 is 11.6 Å². The third-order valence-electron chi connectivity index (χ3n) is 4.18. The Kier molecular flexibility index (Phi) is 4.58. The number of pyridine rings is 1. The number of rotatable bonds is 3. The highest BCUT2D eigenvalue weighted by atomic mass is 35.5. The molecule has 0 radical (unpaired) electrons. The predicted octanol–water partition coefficient (Wildman–Crippen LogP) is 5.08. The van der Waals surface area contributed by atoms with Crippen LogP contribution in [0.4, 0.5) is 22.1 Å². The van der Waals surface area contributed by atoms with Crippen LogP contribution in [-0.4, -0.2) is 16.2 Å². The molecule has 0 fully saturated rings. The minimum absolute atomic E-state index is 0.221. The maximum atomic E-state index is 12.2. The maximum absolute atomic E-state index is 12.2. The number of benzene rings is 2. The molecule has 2 amide bonds. The molecule has 2 heterocycles. The molecule has 7 nitrogen and oxygen atoms in total. The summed E-state index contributed by atoms with van der Waals surface area (Å²) in [5, 5.41) is 10.5. The monoisotopic (exact) mass is 393 g/mol. The lowest BCUT2D eigenvalue weighted by Gasteiger charge is -2.10. The summed E-state index contributed by atoms with van der Waals surface area (Å²) >= 11 is 6.05. The Labute approximate surface area is 165 Å². The fraction of sp³-hybridized carbons (Fsp3) is 0.0500. The molecule has 0 aliphatic heterocycles. The number of hydrogen-bond donors (Lipinski definition) is 3. The van der Waals surface area contributed by atoms with E-state index in [1.807, 2.05) is 25.1 Å². The lowest BCUT2D eigenvalue weighted by Crippen LogP contribution is -2.19. The molecule has 8 heteroatoms. The van der Waals surface area contributed by atoms with Crippen molar-refractivity contribution >= 4 is 45.9 Å². The molecule has 2 aromatic heterocycles. The summed E-state index contributed by atoms with van der Waals surface area (Å²) in [6.45, 7) is 1.88. The molecule has 0 spiro atoms. The number of fused-ring (bicyclic) bond motifs is 1. The van der Waals surface area contributed by atoms with Crippen LogP contribution in [-0.2, 0) is 0 Å². The number of anilines is 3. The summed E-state index contributed by atoms with van der Waals surface area (Å²) in [7, 11) is 0. The SMILES string of the molecule is Cc1cc(-c2ccc(NC(=O)Nc3ccccc3Cl)cc2)c2c(N)onc2n1. The van der Waals surface area contributed by atoms with E-state index in [2.05, 4.69) is 20.8 Å². The molecule has 0 aliphatic carbocycles. The largest absolute Gasteiger partial charge is 0.367 e. The van der Waals surface area contributed by atoms with Crippen molar-refractivity contribution in [3.05, 3.63) is 65.3 Å².